The van der Waals surface area contributed by atoms with Crippen LogP contribution in [0.3, 0.4) is 0 Å². The highest BCUT2D eigenvalue weighted by Gasteiger charge is 2.20. The fourth-order valence-electron chi connectivity index (χ4n) is 2.81. The Balaban J connectivity index is 1.68. The number of carbonyl (C=O) groups is 1. The lowest BCUT2D eigenvalue weighted by molar-refractivity contribution is 0.100. The van der Waals surface area contributed by atoms with Gasteiger partial charge in [-0.1, -0.05) is 18.2 Å². The summed E-state index contributed by atoms with van der Waals surface area (Å²) in [6.07, 6.45) is 1.90. The second kappa shape index (κ2) is 6.10. The van der Waals surface area contributed by atoms with Gasteiger partial charge in [-0.2, -0.15) is 0 Å². The maximum Gasteiger partial charge on any atom is 0.248 e. The molecule has 4 nitrogen and oxygen atoms in total. The van der Waals surface area contributed by atoms with Gasteiger partial charge in [0.15, 0.2) is 0 Å². The average Bonchev–Trinajstić information content (AvgIpc) is 2.55. The van der Waals surface area contributed by atoms with Gasteiger partial charge in [0.25, 0.3) is 0 Å². The van der Waals surface area contributed by atoms with Gasteiger partial charge in [0.1, 0.15) is 11.5 Å². The molecular formula is C18H19NO3. The van der Waals surface area contributed by atoms with Crippen LogP contribution in [0, 0.1) is 5.92 Å². The van der Waals surface area contributed by atoms with Crippen LogP contribution in [-0.2, 0) is 12.8 Å². The molecule has 3 rings (SSSR count). The molecule has 1 atom stereocenters. The summed E-state index contributed by atoms with van der Waals surface area (Å²) in [7, 11) is 1.66. The van der Waals surface area contributed by atoms with Crippen molar-refractivity contribution >= 4 is 5.91 Å². The number of hydrogen-bond donors (Lipinski definition) is 1. The third-order valence-corrected chi connectivity index (χ3v) is 4.02. The Morgan fingerprint density at radius 2 is 2.05 bits per heavy atom. The number of hydrogen-bond acceptors (Lipinski definition) is 3. The van der Waals surface area contributed by atoms with Gasteiger partial charge in [0.05, 0.1) is 13.7 Å². The zero-order chi connectivity index (χ0) is 15.5. The number of rotatable bonds is 4. The van der Waals surface area contributed by atoms with Gasteiger partial charge in [0, 0.05) is 17.5 Å². The number of primary amides is 1. The lowest BCUT2D eigenvalue weighted by Gasteiger charge is -2.25. The van der Waals surface area contributed by atoms with E-state index in [1.165, 1.54) is 11.1 Å². The number of benzene rings is 2. The van der Waals surface area contributed by atoms with E-state index in [4.69, 9.17) is 15.2 Å². The van der Waals surface area contributed by atoms with Gasteiger partial charge in [0.2, 0.25) is 5.91 Å². The Morgan fingerprint density at radius 1 is 1.27 bits per heavy atom. The number of nitrogens with two attached hydrogens (primary N) is 1. The molecule has 0 radical (unpaired) electrons. The van der Waals surface area contributed by atoms with Crippen molar-refractivity contribution in [3.05, 3.63) is 59.2 Å². The Morgan fingerprint density at radius 3 is 2.73 bits per heavy atom. The van der Waals surface area contributed by atoms with Crippen molar-refractivity contribution in [3.8, 4) is 11.5 Å². The van der Waals surface area contributed by atoms with Gasteiger partial charge in [-0.25, -0.2) is 0 Å². The molecule has 0 fully saturated rings. The molecule has 0 unspecified atom stereocenters. The highest BCUT2D eigenvalue weighted by molar-refractivity contribution is 5.92. The molecule has 0 saturated heterocycles. The summed E-state index contributed by atoms with van der Waals surface area (Å²) in [5.74, 6) is 1.77. The summed E-state index contributed by atoms with van der Waals surface area (Å²) in [6, 6.07) is 13.4. The molecule has 0 bridgehead atoms. The van der Waals surface area contributed by atoms with Crippen molar-refractivity contribution < 1.29 is 14.3 Å². The monoisotopic (exact) mass is 297 g/mol. The van der Waals surface area contributed by atoms with Gasteiger partial charge in [-0.3, -0.25) is 4.79 Å². The maximum atomic E-state index is 11.1. The topological polar surface area (TPSA) is 61.6 Å². The molecule has 1 aliphatic rings. The first kappa shape index (κ1) is 14.4. The molecule has 4 heteroatoms. The first-order valence-corrected chi connectivity index (χ1v) is 7.34. The molecule has 2 N–H and O–H groups in total. The Hall–Kier alpha value is -2.49. The third kappa shape index (κ3) is 3.06. The molecule has 1 amide bonds. The van der Waals surface area contributed by atoms with Crippen LogP contribution in [-0.4, -0.2) is 19.6 Å². The van der Waals surface area contributed by atoms with Gasteiger partial charge in [-0.05, 0) is 42.2 Å². The molecule has 0 spiro atoms. The third-order valence-electron chi connectivity index (χ3n) is 4.02. The maximum absolute atomic E-state index is 11.1. The fourth-order valence-corrected chi connectivity index (χ4v) is 2.81. The second-order valence-corrected chi connectivity index (χ2v) is 5.62. The number of fused-ring (bicyclic) bond motifs is 1. The minimum atomic E-state index is -0.393. The zero-order valence-corrected chi connectivity index (χ0v) is 12.5. The Bertz CT molecular complexity index is 679. The van der Waals surface area contributed by atoms with Crippen LogP contribution in [0.4, 0.5) is 0 Å². The molecule has 1 heterocycles. The van der Waals surface area contributed by atoms with Crippen molar-refractivity contribution in [1.82, 2.24) is 0 Å². The Kier molecular flexibility index (Phi) is 4.00. The second-order valence-electron chi connectivity index (χ2n) is 5.62. The molecule has 2 aromatic carbocycles. The normalized spacial score (nSPS) is 16.5. The lowest BCUT2D eigenvalue weighted by Crippen LogP contribution is -2.22. The average molecular weight is 297 g/mol. The van der Waals surface area contributed by atoms with Crippen molar-refractivity contribution in [2.45, 2.75) is 12.8 Å². The number of ether oxygens (including phenoxy) is 2. The quantitative estimate of drug-likeness (QED) is 0.943. The van der Waals surface area contributed by atoms with E-state index in [0.717, 1.165) is 24.3 Å². The van der Waals surface area contributed by atoms with E-state index in [1.807, 2.05) is 24.3 Å². The molecule has 0 aromatic heterocycles. The van der Waals surface area contributed by atoms with Crippen LogP contribution in [0.15, 0.2) is 42.5 Å². The van der Waals surface area contributed by atoms with Gasteiger partial charge < -0.3 is 15.2 Å². The smallest absolute Gasteiger partial charge is 0.248 e. The summed E-state index contributed by atoms with van der Waals surface area (Å²) in [6.45, 7) is 0.692. The molecule has 114 valence electrons. The van der Waals surface area contributed by atoms with Crippen LogP contribution in [0.25, 0.3) is 0 Å². The zero-order valence-electron chi connectivity index (χ0n) is 12.5. The first-order valence-electron chi connectivity index (χ1n) is 7.34. The lowest BCUT2D eigenvalue weighted by atomic mass is 9.90. The van der Waals surface area contributed by atoms with E-state index < -0.39 is 5.91 Å². The highest BCUT2D eigenvalue weighted by Crippen LogP contribution is 2.32. The van der Waals surface area contributed by atoms with Gasteiger partial charge >= 0.3 is 0 Å². The predicted octanol–water partition coefficient (Wildman–Crippen LogP) is 2.59. The van der Waals surface area contributed by atoms with E-state index in [2.05, 4.69) is 6.07 Å². The van der Waals surface area contributed by atoms with Gasteiger partial charge in [-0.15, -0.1) is 0 Å². The summed E-state index contributed by atoms with van der Waals surface area (Å²) >= 11 is 0. The van der Waals surface area contributed by atoms with E-state index in [1.54, 1.807) is 19.2 Å². The van der Waals surface area contributed by atoms with Crippen LogP contribution in [0.5, 0.6) is 11.5 Å². The minimum Gasteiger partial charge on any atom is -0.497 e. The summed E-state index contributed by atoms with van der Waals surface area (Å²) in [5.41, 5.74) is 8.20. The van der Waals surface area contributed by atoms with Crippen LogP contribution in [0.1, 0.15) is 21.5 Å². The largest absolute Gasteiger partial charge is 0.497 e. The van der Waals surface area contributed by atoms with Crippen LogP contribution in [0.2, 0.25) is 0 Å². The van der Waals surface area contributed by atoms with Crippen molar-refractivity contribution in [2.24, 2.45) is 11.7 Å². The summed E-state index contributed by atoms with van der Waals surface area (Å²) < 4.78 is 11.1. The van der Waals surface area contributed by atoms with Crippen molar-refractivity contribution in [3.63, 3.8) is 0 Å². The molecule has 1 aliphatic heterocycles. The molecular weight excluding hydrogens is 278 g/mol. The summed E-state index contributed by atoms with van der Waals surface area (Å²) in [5, 5.41) is 0. The number of carbonyl (C=O) groups excluding carboxylic acids is 1. The fraction of sp³-hybridized carbons (Fsp3) is 0.278. The SMILES string of the molecule is COc1ccc2c(c1)OC[C@H](Cc1ccc(C(N)=O)cc1)C2. The molecule has 22 heavy (non-hydrogen) atoms. The number of methoxy groups -OCH3 is 1. The Labute approximate surface area is 129 Å². The van der Waals surface area contributed by atoms with Crippen LogP contribution >= 0.6 is 0 Å². The predicted molar refractivity (Wildman–Crippen MR) is 84.3 cm³/mol. The standard InChI is InChI=1S/C18H19NO3/c1-21-16-7-6-15-9-13(11-22-17(15)10-16)8-12-2-4-14(5-3-12)18(19)20/h2-7,10,13H,8-9,11H2,1H3,(H2,19,20)/t13-/m1/s1. The van der Waals surface area contributed by atoms with E-state index in [9.17, 15) is 4.79 Å². The summed E-state index contributed by atoms with van der Waals surface area (Å²) in [4.78, 5) is 11.1. The molecule has 0 aliphatic carbocycles. The van der Waals surface area contributed by atoms with Crippen molar-refractivity contribution in [1.29, 1.82) is 0 Å². The van der Waals surface area contributed by atoms with E-state index in [0.29, 0.717) is 18.1 Å². The molecule has 2 aromatic rings. The van der Waals surface area contributed by atoms with Crippen molar-refractivity contribution in [2.75, 3.05) is 13.7 Å². The van der Waals surface area contributed by atoms with Crippen LogP contribution < -0.4 is 15.2 Å². The highest BCUT2D eigenvalue weighted by atomic mass is 16.5. The van der Waals surface area contributed by atoms with E-state index in [-0.39, 0.29) is 0 Å². The van der Waals surface area contributed by atoms with E-state index >= 15 is 0 Å². The molecule has 0 saturated carbocycles. The first-order chi connectivity index (χ1) is 10.7. The number of amides is 1. The minimum absolute atomic E-state index is 0.393.